The van der Waals surface area contributed by atoms with Crippen molar-refractivity contribution in [1.29, 1.82) is 0 Å². The SMILES string of the molecule is CN(C)S(=O)(=O)c1ccc(/C=C/c2nc(C3(N)CCCC3)no2)cc1. The Hall–Kier alpha value is -2.03. The Kier molecular flexibility index (Phi) is 4.77. The largest absolute Gasteiger partial charge is 0.335 e. The number of hydrogen-bond donors (Lipinski definition) is 1. The molecule has 2 N–H and O–H groups in total. The molecule has 1 fully saturated rings. The lowest BCUT2D eigenvalue weighted by Crippen LogP contribution is -2.34. The van der Waals surface area contributed by atoms with Crippen LogP contribution in [0, 0.1) is 0 Å². The average molecular weight is 362 g/mol. The molecule has 8 heteroatoms. The molecule has 0 aliphatic heterocycles. The molecule has 7 nitrogen and oxygen atoms in total. The number of aromatic nitrogens is 2. The van der Waals surface area contributed by atoms with E-state index < -0.39 is 15.6 Å². The quantitative estimate of drug-likeness (QED) is 0.875. The fourth-order valence-electron chi connectivity index (χ4n) is 2.86. The van der Waals surface area contributed by atoms with E-state index in [1.807, 2.05) is 0 Å². The van der Waals surface area contributed by atoms with E-state index in [2.05, 4.69) is 10.1 Å². The Morgan fingerprint density at radius 1 is 1.16 bits per heavy atom. The Labute approximate surface area is 147 Å². The zero-order valence-electron chi connectivity index (χ0n) is 14.3. The first-order valence-electron chi connectivity index (χ1n) is 8.15. The first-order valence-corrected chi connectivity index (χ1v) is 9.59. The van der Waals surface area contributed by atoms with E-state index >= 15 is 0 Å². The van der Waals surface area contributed by atoms with Crippen LogP contribution in [0.2, 0.25) is 0 Å². The van der Waals surface area contributed by atoms with Gasteiger partial charge in [0.1, 0.15) is 0 Å². The molecule has 1 aliphatic carbocycles. The van der Waals surface area contributed by atoms with E-state index in [-0.39, 0.29) is 4.90 Å². The summed E-state index contributed by atoms with van der Waals surface area (Å²) < 4.78 is 30.5. The van der Waals surface area contributed by atoms with Crippen molar-refractivity contribution in [2.24, 2.45) is 5.73 Å². The van der Waals surface area contributed by atoms with E-state index in [1.165, 1.54) is 18.4 Å². The molecule has 0 saturated heterocycles. The molecule has 1 aliphatic rings. The van der Waals surface area contributed by atoms with Crippen LogP contribution < -0.4 is 5.73 Å². The maximum Gasteiger partial charge on any atom is 0.250 e. The second-order valence-corrected chi connectivity index (χ2v) is 8.66. The number of rotatable bonds is 5. The molecule has 1 heterocycles. The van der Waals surface area contributed by atoms with Crippen molar-refractivity contribution in [2.45, 2.75) is 36.1 Å². The molecule has 1 aromatic heterocycles. The third-order valence-electron chi connectivity index (χ3n) is 4.46. The van der Waals surface area contributed by atoms with Gasteiger partial charge in [0.25, 0.3) is 5.89 Å². The Morgan fingerprint density at radius 3 is 2.40 bits per heavy atom. The maximum atomic E-state index is 12.0. The minimum absolute atomic E-state index is 0.251. The van der Waals surface area contributed by atoms with Crippen molar-refractivity contribution in [3.05, 3.63) is 41.5 Å². The molecule has 0 amide bonds. The van der Waals surface area contributed by atoms with Gasteiger partial charge in [0, 0.05) is 20.2 Å². The standard InChI is InChI=1S/C17H22N4O3S/c1-21(2)25(22,23)14-8-5-13(6-9-14)7-10-15-19-16(20-24-15)17(18)11-3-4-12-17/h5-10H,3-4,11-12,18H2,1-2H3/b10-7+. The van der Waals surface area contributed by atoms with E-state index in [0.29, 0.717) is 11.7 Å². The highest BCUT2D eigenvalue weighted by molar-refractivity contribution is 7.89. The fraction of sp³-hybridized carbons (Fsp3) is 0.412. The molecule has 0 atom stereocenters. The molecule has 1 aromatic carbocycles. The first kappa shape index (κ1) is 17.8. The number of hydrogen-bond acceptors (Lipinski definition) is 6. The van der Waals surface area contributed by atoms with Crippen LogP contribution in [0.15, 0.2) is 33.7 Å². The average Bonchev–Trinajstić information content (AvgIpc) is 3.23. The summed E-state index contributed by atoms with van der Waals surface area (Å²) in [6.45, 7) is 0. The van der Waals surface area contributed by atoms with Gasteiger partial charge in [-0.05, 0) is 36.6 Å². The van der Waals surface area contributed by atoms with Crippen LogP contribution in [0.25, 0.3) is 12.2 Å². The molecule has 25 heavy (non-hydrogen) atoms. The van der Waals surface area contributed by atoms with Crippen molar-refractivity contribution >= 4 is 22.2 Å². The van der Waals surface area contributed by atoms with Gasteiger partial charge in [-0.15, -0.1) is 0 Å². The summed E-state index contributed by atoms with van der Waals surface area (Å²) in [6.07, 6.45) is 7.40. The summed E-state index contributed by atoms with van der Waals surface area (Å²) in [4.78, 5) is 4.62. The topological polar surface area (TPSA) is 102 Å². The lowest BCUT2D eigenvalue weighted by Gasteiger charge is -2.17. The predicted octanol–water partition coefficient (Wildman–Crippen LogP) is 2.22. The first-order chi connectivity index (χ1) is 11.8. The minimum Gasteiger partial charge on any atom is -0.335 e. The zero-order chi connectivity index (χ0) is 18.1. The van der Waals surface area contributed by atoms with Gasteiger partial charge in [-0.25, -0.2) is 12.7 Å². The minimum atomic E-state index is -3.42. The lowest BCUT2D eigenvalue weighted by molar-refractivity contribution is 0.364. The highest BCUT2D eigenvalue weighted by atomic mass is 32.2. The van der Waals surface area contributed by atoms with Crippen LogP contribution in [-0.4, -0.2) is 37.0 Å². The third kappa shape index (κ3) is 3.65. The van der Waals surface area contributed by atoms with Crippen molar-refractivity contribution in [3.8, 4) is 0 Å². The molecule has 0 bridgehead atoms. The van der Waals surface area contributed by atoms with Gasteiger partial charge in [-0.3, -0.25) is 0 Å². The molecule has 0 spiro atoms. The summed E-state index contributed by atoms with van der Waals surface area (Å²) in [7, 11) is -0.410. The van der Waals surface area contributed by atoms with Crippen LogP contribution in [0.4, 0.5) is 0 Å². The third-order valence-corrected chi connectivity index (χ3v) is 6.29. The van der Waals surface area contributed by atoms with Crippen LogP contribution in [-0.2, 0) is 15.6 Å². The summed E-state index contributed by atoms with van der Waals surface area (Å²) in [5, 5.41) is 4.00. The predicted molar refractivity (Wildman–Crippen MR) is 94.9 cm³/mol. The van der Waals surface area contributed by atoms with Gasteiger partial charge in [0.05, 0.1) is 10.4 Å². The van der Waals surface area contributed by atoms with Crippen molar-refractivity contribution in [2.75, 3.05) is 14.1 Å². The van der Waals surface area contributed by atoms with Gasteiger partial charge < -0.3 is 10.3 Å². The molecule has 1 saturated carbocycles. The van der Waals surface area contributed by atoms with E-state index in [0.717, 1.165) is 31.2 Å². The van der Waals surface area contributed by atoms with Gasteiger partial charge in [-0.1, -0.05) is 30.1 Å². The van der Waals surface area contributed by atoms with Crippen molar-refractivity contribution < 1.29 is 12.9 Å². The van der Waals surface area contributed by atoms with Gasteiger partial charge in [0.15, 0.2) is 5.82 Å². The fourth-order valence-corrected chi connectivity index (χ4v) is 3.77. The summed E-state index contributed by atoms with van der Waals surface area (Å²) in [5.41, 5.74) is 6.67. The Balaban J connectivity index is 1.74. The molecular formula is C17H22N4O3S. The smallest absolute Gasteiger partial charge is 0.250 e. The zero-order valence-corrected chi connectivity index (χ0v) is 15.2. The molecule has 0 unspecified atom stereocenters. The molecule has 3 rings (SSSR count). The van der Waals surface area contributed by atoms with Gasteiger partial charge >= 0.3 is 0 Å². The highest BCUT2D eigenvalue weighted by Crippen LogP contribution is 2.34. The lowest BCUT2D eigenvalue weighted by atomic mass is 9.99. The molecule has 134 valence electrons. The number of sulfonamides is 1. The Morgan fingerprint density at radius 2 is 1.80 bits per heavy atom. The highest BCUT2D eigenvalue weighted by Gasteiger charge is 2.35. The van der Waals surface area contributed by atoms with Crippen LogP contribution in [0.3, 0.4) is 0 Å². The van der Waals surface area contributed by atoms with Crippen molar-refractivity contribution in [3.63, 3.8) is 0 Å². The molecule has 2 aromatic rings. The monoisotopic (exact) mass is 362 g/mol. The number of nitrogens with two attached hydrogens (primary N) is 1. The summed E-state index contributed by atoms with van der Waals surface area (Å²) in [5.74, 6) is 0.939. The van der Waals surface area contributed by atoms with Crippen LogP contribution in [0.5, 0.6) is 0 Å². The second kappa shape index (κ2) is 6.70. The normalized spacial score (nSPS) is 17.6. The van der Waals surface area contributed by atoms with E-state index in [9.17, 15) is 8.42 Å². The number of benzene rings is 1. The molecular weight excluding hydrogens is 340 g/mol. The number of nitrogens with zero attached hydrogens (tertiary/aromatic N) is 3. The summed E-state index contributed by atoms with van der Waals surface area (Å²) in [6, 6.07) is 6.60. The van der Waals surface area contributed by atoms with E-state index in [4.69, 9.17) is 10.3 Å². The summed E-state index contributed by atoms with van der Waals surface area (Å²) >= 11 is 0. The van der Waals surface area contributed by atoms with Crippen LogP contribution >= 0.6 is 0 Å². The van der Waals surface area contributed by atoms with Gasteiger partial charge in [-0.2, -0.15) is 4.98 Å². The van der Waals surface area contributed by atoms with Crippen LogP contribution in [0.1, 0.15) is 43.0 Å². The second-order valence-electron chi connectivity index (χ2n) is 6.51. The maximum absolute atomic E-state index is 12.0. The Bertz CT molecular complexity index is 864. The molecule has 0 radical (unpaired) electrons. The van der Waals surface area contributed by atoms with Gasteiger partial charge in [0.2, 0.25) is 10.0 Å². The van der Waals surface area contributed by atoms with Crippen molar-refractivity contribution in [1.82, 2.24) is 14.4 Å². The van der Waals surface area contributed by atoms with E-state index in [1.54, 1.807) is 36.4 Å².